The molecule has 0 radical (unpaired) electrons. The number of rotatable bonds is 4. The van der Waals surface area contributed by atoms with Crippen LogP contribution in [0.1, 0.15) is 10.6 Å². The van der Waals surface area contributed by atoms with Crippen LogP contribution in [0, 0.1) is 5.82 Å². The van der Waals surface area contributed by atoms with E-state index < -0.39 is 11.7 Å². The lowest BCUT2D eigenvalue weighted by molar-refractivity contribution is 0.0997. The molecule has 2 aromatic heterocycles. The molecule has 4 aromatic rings. The first-order valence-corrected chi connectivity index (χ1v) is 7.82. The molecular weight excluding hydrogens is 335 g/mol. The summed E-state index contributed by atoms with van der Waals surface area (Å²) in [6.45, 7) is 0. The largest absolute Gasteiger partial charge is 0.451 e. The predicted molar refractivity (Wildman–Crippen MR) is 93.4 cm³/mol. The maximum Gasteiger partial charge on any atom is 0.291 e. The van der Waals surface area contributed by atoms with Crippen LogP contribution >= 0.6 is 0 Å². The second-order valence-electron chi connectivity index (χ2n) is 5.46. The Morgan fingerprint density at radius 3 is 2.65 bits per heavy atom. The van der Waals surface area contributed by atoms with E-state index in [0.29, 0.717) is 16.9 Å². The number of anilines is 1. The fourth-order valence-corrected chi connectivity index (χ4v) is 2.56. The molecule has 6 nitrogen and oxygen atoms in total. The second kappa shape index (κ2) is 6.64. The molecule has 0 unspecified atom stereocenters. The molecule has 2 heterocycles. The van der Waals surface area contributed by atoms with Crippen LogP contribution in [0.4, 0.5) is 10.1 Å². The first-order valence-electron chi connectivity index (χ1n) is 7.82. The zero-order chi connectivity index (χ0) is 17.9. The maximum atomic E-state index is 13.9. The molecule has 0 aliphatic heterocycles. The summed E-state index contributed by atoms with van der Waals surface area (Å²) in [5.74, 6) is -0.486. The first-order chi connectivity index (χ1) is 12.7. The Bertz CT molecular complexity index is 1060. The van der Waals surface area contributed by atoms with Crippen LogP contribution in [-0.4, -0.2) is 20.7 Å². The van der Waals surface area contributed by atoms with Gasteiger partial charge in [0.1, 0.15) is 24.2 Å². The molecule has 128 valence electrons. The molecule has 1 N–H and O–H groups in total. The predicted octanol–water partition coefficient (Wildman–Crippen LogP) is 3.92. The van der Waals surface area contributed by atoms with E-state index in [1.54, 1.807) is 47.1 Å². The average Bonchev–Trinajstić information content (AvgIpc) is 3.35. The van der Waals surface area contributed by atoms with E-state index in [2.05, 4.69) is 15.4 Å². The van der Waals surface area contributed by atoms with Crippen molar-refractivity contribution < 1.29 is 13.6 Å². The van der Waals surface area contributed by atoms with Crippen LogP contribution in [0.15, 0.2) is 77.7 Å². The van der Waals surface area contributed by atoms with Gasteiger partial charge in [0, 0.05) is 0 Å². The van der Waals surface area contributed by atoms with Gasteiger partial charge >= 0.3 is 0 Å². The highest BCUT2D eigenvalue weighted by atomic mass is 19.1. The number of halogens is 1. The molecule has 0 saturated heterocycles. The summed E-state index contributed by atoms with van der Waals surface area (Å²) in [4.78, 5) is 16.4. The highest BCUT2D eigenvalue weighted by molar-refractivity contribution is 6.03. The van der Waals surface area contributed by atoms with Crippen LogP contribution in [-0.2, 0) is 0 Å². The van der Waals surface area contributed by atoms with Crippen molar-refractivity contribution in [2.75, 3.05) is 5.32 Å². The van der Waals surface area contributed by atoms with Crippen molar-refractivity contribution in [3.05, 3.63) is 84.9 Å². The molecule has 0 atom stereocenters. The molecule has 7 heteroatoms. The first kappa shape index (κ1) is 15.8. The fourth-order valence-electron chi connectivity index (χ4n) is 2.56. The standard InChI is InChI=1S/C19H13FN4O2/c20-14-6-2-1-5-13(14)17-9-10-18(26-17)19(25)23-15-7-3-4-8-16(15)24-12-21-11-22-24/h1-12H,(H,23,25). The average molecular weight is 348 g/mol. The van der Waals surface area contributed by atoms with Crippen LogP contribution in [0.5, 0.6) is 0 Å². The van der Waals surface area contributed by atoms with Crippen molar-refractivity contribution in [3.8, 4) is 17.0 Å². The Hall–Kier alpha value is -3.74. The zero-order valence-electron chi connectivity index (χ0n) is 13.5. The summed E-state index contributed by atoms with van der Waals surface area (Å²) < 4.78 is 20.9. The third-order valence-corrected chi connectivity index (χ3v) is 3.79. The Morgan fingerprint density at radius 1 is 1.04 bits per heavy atom. The number of hydrogen-bond acceptors (Lipinski definition) is 4. The van der Waals surface area contributed by atoms with Gasteiger partial charge in [-0.25, -0.2) is 14.1 Å². The lowest BCUT2D eigenvalue weighted by Crippen LogP contribution is -2.13. The molecule has 2 aromatic carbocycles. The van der Waals surface area contributed by atoms with Gasteiger partial charge in [-0.05, 0) is 36.4 Å². The molecule has 0 bridgehead atoms. The number of aromatic nitrogens is 3. The van der Waals surface area contributed by atoms with Gasteiger partial charge < -0.3 is 9.73 Å². The van der Waals surface area contributed by atoms with Crippen LogP contribution in [0.2, 0.25) is 0 Å². The van der Waals surface area contributed by atoms with Gasteiger partial charge in [-0.3, -0.25) is 4.79 Å². The summed E-state index contributed by atoms with van der Waals surface area (Å²) in [7, 11) is 0. The molecular formula is C19H13FN4O2. The minimum atomic E-state index is -0.444. The number of para-hydroxylation sites is 2. The quantitative estimate of drug-likeness (QED) is 0.607. The minimum Gasteiger partial charge on any atom is -0.451 e. The maximum absolute atomic E-state index is 13.9. The van der Waals surface area contributed by atoms with Crippen molar-refractivity contribution in [1.82, 2.24) is 14.8 Å². The monoisotopic (exact) mass is 348 g/mol. The van der Waals surface area contributed by atoms with Crippen molar-refractivity contribution in [3.63, 3.8) is 0 Å². The van der Waals surface area contributed by atoms with Gasteiger partial charge in [0.25, 0.3) is 5.91 Å². The van der Waals surface area contributed by atoms with E-state index in [-0.39, 0.29) is 11.5 Å². The number of amides is 1. The molecule has 26 heavy (non-hydrogen) atoms. The number of carbonyl (C=O) groups excluding carboxylic acids is 1. The molecule has 1 amide bonds. The number of benzene rings is 2. The van der Waals surface area contributed by atoms with Crippen LogP contribution in [0.25, 0.3) is 17.0 Å². The lowest BCUT2D eigenvalue weighted by Gasteiger charge is -2.09. The smallest absolute Gasteiger partial charge is 0.291 e. The van der Waals surface area contributed by atoms with Gasteiger partial charge in [-0.2, -0.15) is 5.10 Å². The summed E-state index contributed by atoms with van der Waals surface area (Å²) in [6, 6.07) is 16.5. The topological polar surface area (TPSA) is 73.0 Å². The zero-order valence-corrected chi connectivity index (χ0v) is 13.5. The molecule has 0 spiro atoms. The summed E-state index contributed by atoms with van der Waals surface area (Å²) in [5.41, 5.74) is 1.51. The molecule has 0 saturated carbocycles. The molecule has 0 fully saturated rings. The van der Waals surface area contributed by atoms with Crippen LogP contribution in [0.3, 0.4) is 0 Å². The van der Waals surface area contributed by atoms with Gasteiger partial charge in [0.05, 0.1) is 16.9 Å². The van der Waals surface area contributed by atoms with Gasteiger partial charge in [0.2, 0.25) is 0 Å². The van der Waals surface area contributed by atoms with E-state index >= 15 is 0 Å². The van der Waals surface area contributed by atoms with E-state index in [1.165, 1.54) is 24.8 Å². The Labute approximate surface area is 147 Å². The number of carbonyl (C=O) groups is 1. The lowest BCUT2D eigenvalue weighted by atomic mass is 10.1. The van der Waals surface area contributed by atoms with Gasteiger partial charge in [-0.1, -0.05) is 24.3 Å². The fraction of sp³-hybridized carbons (Fsp3) is 0. The SMILES string of the molecule is O=C(Nc1ccccc1-n1cncn1)c1ccc(-c2ccccc2F)o1. The van der Waals surface area contributed by atoms with Gasteiger partial charge in [0.15, 0.2) is 5.76 Å². The van der Waals surface area contributed by atoms with E-state index in [1.807, 2.05) is 6.07 Å². The minimum absolute atomic E-state index is 0.0802. The van der Waals surface area contributed by atoms with Crippen molar-refractivity contribution in [1.29, 1.82) is 0 Å². The highest BCUT2D eigenvalue weighted by Gasteiger charge is 2.16. The molecule has 0 aliphatic rings. The van der Waals surface area contributed by atoms with E-state index in [9.17, 15) is 9.18 Å². The van der Waals surface area contributed by atoms with E-state index in [4.69, 9.17) is 4.42 Å². The Kier molecular flexibility index (Phi) is 4.03. The van der Waals surface area contributed by atoms with Crippen molar-refractivity contribution >= 4 is 11.6 Å². The summed E-state index contributed by atoms with van der Waals surface area (Å²) in [5, 5.41) is 6.85. The van der Waals surface area contributed by atoms with Crippen molar-refractivity contribution in [2.45, 2.75) is 0 Å². The van der Waals surface area contributed by atoms with Crippen LogP contribution < -0.4 is 5.32 Å². The Morgan fingerprint density at radius 2 is 1.85 bits per heavy atom. The normalized spacial score (nSPS) is 10.7. The second-order valence-corrected chi connectivity index (χ2v) is 5.46. The van der Waals surface area contributed by atoms with Gasteiger partial charge in [-0.15, -0.1) is 0 Å². The third-order valence-electron chi connectivity index (χ3n) is 3.79. The molecule has 0 aliphatic carbocycles. The third kappa shape index (κ3) is 2.98. The van der Waals surface area contributed by atoms with Crippen molar-refractivity contribution in [2.24, 2.45) is 0 Å². The molecule has 4 rings (SSSR count). The highest BCUT2D eigenvalue weighted by Crippen LogP contribution is 2.26. The Balaban J connectivity index is 1.60. The number of hydrogen-bond donors (Lipinski definition) is 1. The van der Waals surface area contributed by atoms with E-state index in [0.717, 1.165) is 0 Å². The number of furan rings is 1. The summed E-state index contributed by atoms with van der Waals surface area (Å²) in [6.07, 6.45) is 2.94. The number of nitrogens with one attached hydrogen (secondary N) is 1. The summed E-state index contributed by atoms with van der Waals surface area (Å²) >= 11 is 0. The number of nitrogens with zero attached hydrogens (tertiary/aromatic N) is 3.